The number of nitrogens with one attached hydrogen (secondary N) is 2. The average molecular weight is 249 g/mol. The van der Waals surface area contributed by atoms with E-state index in [4.69, 9.17) is 10.2 Å². The fraction of sp³-hybridized carbons (Fsp3) is 0.182. The van der Waals surface area contributed by atoms with E-state index >= 15 is 0 Å². The van der Waals surface area contributed by atoms with Crippen LogP contribution in [0.15, 0.2) is 18.2 Å². The van der Waals surface area contributed by atoms with Gasteiger partial charge in [-0.2, -0.15) is 0 Å². The molecule has 1 heterocycles. The van der Waals surface area contributed by atoms with Crippen molar-refractivity contribution in [2.45, 2.75) is 13.0 Å². The van der Waals surface area contributed by atoms with Crippen molar-refractivity contribution in [1.82, 2.24) is 9.97 Å². The molecule has 2 rings (SSSR count). The molecule has 0 saturated heterocycles. The first-order chi connectivity index (χ1) is 8.47. The van der Waals surface area contributed by atoms with Gasteiger partial charge in [-0.1, -0.05) is 0 Å². The van der Waals surface area contributed by atoms with E-state index in [1.807, 2.05) is 0 Å². The Balaban J connectivity index is 2.32. The highest BCUT2D eigenvalue weighted by atomic mass is 16.4. The number of imidazole rings is 1. The maximum absolute atomic E-state index is 10.8. The Morgan fingerprint density at radius 1 is 1.39 bits per heavy atom. The van der Waals surface area contributed by atoms with Crippen LogP contribution in [0.5, 0.6) is 0 Å². The molecule has 0 saturated carbocycles. The normalized spacial score (nSPS) is 12.3. The number of hydrogen-bond acceptors (Lipinski definition) is 4. The van der Waals surface area contributed by atoms with E-state index < -0.39 is 18.0 Å². The summed E-state index contributed by atoms with van der Waals surface area (Å²) in [4.78, 5) is 28.4. The summed E-state index contributed by atoms with van der Waals surface area (Å²) in [5.41, 5.74) is 1.25. The highest BCUT2D eigenvalue weighted by molar-refractivity contribution is 5.92. The molecular weight excluding hydrogens is 238 g/mol. The number of fused-ring (bicyclic) bond motifs is 1. The standard InChI is InChI=1S/C11H11N3O4/c1-5(9(15)16)12-11-13-7-3-2-6(10(17)18)4-8(7)14-11/h2-5H,1H3,(H,15,16)(H,17,18)(H2,12,13,14). The summed E-state index contributed by atoms with van der Waals surface area (Å²) in [6, 6.07) is 3.66. The summed E-state index contributed by atoms with van der Waals surface area (Å²) in [5.74, 6) is -1.73. The number of hydrogen-bond donors (Lipinski definition) is 4. The highest BCUT2D eigenvalue weighted by Crippen LogP contribution is 2.16. The number of aliphatic carboxylic acids is 1. The van der Waals surface area contributed by atoms with Crippen LogP contribution < -0.4 is 5.32 Å². The number of carbonyl (C=O) groups is 2. The number of benzene rings is 1. The smallest absolute Gasteiger partial charge is 0.335 e. The van der Waals surface area contributed by atoms with E-state index in [-0.39, 0.29) is 5.56 Å². The molecule has 7 heteroatoms. The van der Waals surface area contributed by atoms with Gasteiger partial charge in [0.2, 0.25) is 5.95 Å². The molecule has 0 bridgehead atoms. The Hall–Kier alpha value is -2.57. The van der Waals surface area contributed by atoms with Crippen LogP contribution in [0.2, 0.25) is 0 Å². The molecule has 0 aliphatic heterocycles. The molecule has 18 heavy (non-hydrogen) atoms. The number of aromatic carboxylic acids is 1. The number of carboxylic acids is 2. The predicted molar refractivity (Wildman–Crippen MR) is 63.8 cm³/mol. The molecule has 94 valence electrons. The molecule has 0 spiro atoms. The van der Waals surface area contributed by atoms with E-state index in [1.165, 1.54) is 19.1 Å². The number of anilines is 1. The van der Waals surface area contributed by atoms with Crippen LogP contribution in [0.1, 0.15) is 17.3 Å². The number of aromatic amines is 1. The van der Waals surface area contributed by atoms with E-state index in [0.717, 1.165) is 0 Å². The summed E-state index contributed by atoms with van der Waals surface area (Å²) in [6.45, 7) is 1.48. The lowest BCUT2D eigenvalue weighted by Crippen LogP contribution is -2.25. The van der Waals surface area contributed by atoms with Crippen molar-refractivity contribution in [2.75, 3.05) is 5.32 Å². The third-order valence-electron chi connectivity index (χ3n) is 2.45. The van der Waals surface area contributed by atoms with Gasteiger partial charge >= 0.3 is 11.9 Å². The highest BCUT2D eigenvalue weighted by Gasteiger charge is 2.13. The second kappa shape index (κ2) is 4.36. The van der Waals surface area contributed by atoms with E-state index in [0.29, 0.717) is 17.0 Å². The van der Waals surface area contributed by atoms with Crippen LogP contribution >= 0.6 is 0 Å². The van der Waals surface area contributed by atoms with Crippen molar-refractivity contribution in [1.29, 1.82) is 0 Å². The molecular formula is C11H11N3O4. The zero-order valence-electron chi connectivity index (χ0n) is 9.47. The molecule has 0 aliphatic rings. The van der Waals surface area contributed by atoms with Crippen molar-refractivity contribution in [3.05, 3.63) is 23.8 Å². The first kappa shape index (κ1) is 11.9. The van der Waals surface area contributed by atoms with Gasteiger partial charge in [-0.25, -0.2) is 9.78 Å². The molecule has 7 nitrogen and oxygen atoms in total. The van der Waals surface area contributed by atoms with Crippen LogP contribution in [-0.2, 0) is 4.79 Å². The molecule has 0 radical (unpaired) electrons. The van der Waals surface area contributed by atoms with Gasteiger partial charge in [-0.05, 0) is 25.1 Å². The monoisotopic (exact) mass is 249 g/mol. The van der Waals surface area contributed by atoms with Gasteiger partial charge in [0.25, 0.3) is 0 Å². The first-order valence-corrected chi connectivity index (χ1v) is 5.20. The SMILES string of the molecule is CC(Nc1nc2ccc(C(=O)O)cc2[nH]1)C(=O)O. The Labute approximate surface area is 101 Å². The lowest BCUT2D eigenvalue weighted by molar-refractivity contribution is -0.137. The number of rotatable bonds is 4. The average Bonchev–Trinajstić information content (AvgIpc) is 2.69. The van der Waals surface area contributed by atoms with Crippen molar-refractivity contribution < 1.29 is 19.8 Å². The first-order valence-electron chi connectivity index (χ1n) is 5.20. The summed E-state index contributed by atoms with van der Waals surface area (Å²) < 4.78 is 0. The molecule has 2 aromatic rings. The van der Waals surface area contributed by atoms with Gasteiger partial charge in [-0.15, -0.1) is 0 Å². The zero-order chi connectivity index (χ0) is 13.3. The number of H-pyrrole nitrogens is 1. The van der Waals surface area contributed by atoms with Crippen molar-refractivity contribution >= 4 is 28.9 Å². The molecule has 4 N–H and O–H groups in total. The lowest BCUT2D eigenvalue weighted by atomic mass is 10.2. The topological polar surface area (TPSA) is 115 Å². The van der Waals surface area contributed by atoms with Crippen LogP contribution in [-0.4, -0.2) is 38.2 Å². The van der Waals surface area contributed by atoms with Crippen molar-refractivity contribution in [3.63, 3.8) is 0 Å². The Bertz CT molecular complexity index is 620. The fourth-order valence-electron chi connectivity index (χ4n) is 1.48. The summed E-state index contributed by atoms with van der Waals surface area (Å²) in [7, 11) is 0. The van der Waals surface area contributed by atoms with Gasteiger partial charge < -0.3 is 20.5 Å². The Kier molecular flexibility index (Phi) is 2.88. The third kappa shape index (κ3) is 2.24. The van der Waals surface area contributed by atoms with Gasteiger partial charge in [-0.3, -0.25) is 4.79 Å². The number of aromatic nitrogens is 2. The van der Waals surface area contributed by atoms with E-state index in [1.54, 1.807) is 6.07 Å². The second-order valence-electron chi connectivity index (χ2n) is 3.83. The summed E-state index contributed by atoms with van der Waals surface area (Å²) in [5, 5.41) is 20.3. The molecule has 1 aromatic carbocycles. The minimum absolute atomic E-state index is 0.143. The van der Waals surface area contributed by atoms with Crippen molar-refractivity contribution in [2.24, 2.45) is 0 Å². The van der Waals surface area contributed by atoms with Crippen LogP contribution in [0.3, 0.4) is 0 Å². The molecule has 1 unspecified atom stereocenters. The zero-order valence-corrected chi connectivity index (χ0v) is 9.47. The molecule has 1 aromatic heterocycles. The van der Waals surface area contributed by atoms with E-state index in [2.05, 4.69) is 15.3 Å². The maximum Gasteiger partial charge on any atom is 0.335 e. The number of carboxylic acid groups (broad SMARTS) is 2. The van der Waals surface area contributed by atoms with Crippen LogP contribution in [0.25, 0.3) is 11.0 Å². The number of nitrogens with zero attached hydrogens (tertiary/aromatic N) is 1. The maximum atomic E-state index is 10.8. The lowest BCUT2D eigenvalue weighted by Gasteiger charge is -2.06. The minimum Gasteiger partial charge on any atom is -0.480 e. The molecule has 1 atom stereocenters. The molecule has 0 aliphatic carbocycles. The summed E-state index contributed by atoms with van der Waals surface area (Å²) >= 11 is 0. The van der Waals surface area contributed by atoms with Gasteiger partial charge in [0.05, 0.1) is 16.6 Å². The quantitative estimate of drug-likeness (QED) is 0.646. The third-order valence-corrected chi connectivity index (χ3v) is 2.45. The fourth-order valence-corrected chi connectivity index (χ4v) is 1.48. The predicted octanol–water partition coefficient (Wildman–Crippen LogP) is 1.15. The van der Waals surface area contributed by atoms with Gasteiger partial charge in [0, 0.05) is 0 Å². The largest absolute Gasteiger partial charge is 0.480 e. The minimum atomic E-state index is -1.03. The van der Waals surface area contributed by atoms with Crippen LogP contribution in [0.4, 0.5) is 5.95 Å². The Morgan fingerprint density at radius 3 is 2.72 bits per heavy atom. The Morgan fingerprint density at radius 2 is 2.11 bits per heavy atom. The van der Waals surface area contributed by atoms with Crippen LogP contribution in [0, 0.1) is 0 Å². The second-order valence-corrected chi connectivity index (χ2v) is 3.83. The van der Waals surface area contributed by atoms with Gasteiger partial charge in [0.15, 0.2) is 0 Å². The van der Waals surface area contributed by atoms with Gasteiger partial charge in [0.1, 0.15) is 6.04 Å². The molecule has 0 fully saturated rings. The summed E-state index contributed by atoms with van der Waals surface area (Å²) in [6.07, 6.45) is 0. The van der Waals surface area contributed by atoms with E-state index in [9.17, 15) is 9.59 Å². The molecule has 0 amide bonds. The van der Waals surface area contributed by atoms with Crippen molar-refractivity contribution in [3.8, 4) is 0 Å².